The quantitative estimate of drug-likeness (QED) is 0.847. The smallest absolute Gasteiger partial charge is 0.137 e. The Hall–Kier alpha value is -0.380. The zero-order valence-electron chi connectivity index (χ0n) is 9.92. The topological polar surface area (TPSA) is 21.3 Å². The van der Waals surface area contributed by atoms with Gasteiger partial charge >= 0.3 is 0 Å². The van der Waals surface area contributed by atoms with Crippen molar-refractivity contribution < 1.29 is 4.74 Å². The van der Waals surface area contributed by atoms with Crippen molar-refractivity contribution in [1.82, 2.24) is 5.32 Å². The van der Waals surface area contributed by atoms with Crippen molar-refractivity contribution in [2.75, 3.05) is 25.7 Å². The van der Waals surface area contributed by atoms with Crippen LogP contribution in [0.15, 0.2) is 18.2 Å². The van der Waals surface area contributed by atoms with E-state index in [1.54, 1.807) is 7.11 Å². The molecule has 1 atom stereocenters. The Kier molecular flexibility index (Phi) is 6.03. The van der Waals surface area contributed by atoms with Gasteiger partial charge in [-0.1, -0.05) is 24.6 Å². The first-order valence-electron chi connectivity index (χ1n) is 5.28. The third kappa shape index (κ3) is 3.58. The van der Waals surface area contributed by atoms with Crippen LogP contribution in [0, 0.1) is 0 Å². The van der Waals surface area contributed by atoms with Gasteiger partial charge in [0.1, 0.15) is 5.75 Å². The SMILES string of the molecule is CCNC(CSC)c1ccc(Cl)c(OC)c1. The minimum absolute atomic E-state index is 0.353. The van der Waals surface area contributed by atoms with E-state index in [4.69, 9.17) is 16.3 Å². The number of halogens is 1. The molecule has 16 heavy (non-hydrogen) atoms. The Balaban J connectivity index is 2.90. The largest absolute Gasteiger partial charge is 0.495 e. The Morgan fingerprint density at radius 1 is 1.50 bits per heavy atom. The molecule has 0 saturated carbocycles. The minimum Gasteiger partial charge on any atom is -0.495 e. The summed E-state index contributed by atoms with van der Waals surface area (Å²) in [6, 6.07) is 6.30. The molecule has 4 heteroatoms. The van der Waals surface area contributed by atoms with Gasteiger partial charge in [0, 0.05) is 11.8 Å². The number of hydrogen-bond donors (Lipinski definition) is 1. The van der Waals surface area contributed by atoms with Crippen molar-refractivity contribution in [3.05, 3.63) is 28.8 Å². The van der Waals surface area contributed by atoms with Crippen LogP contribution in [0.5, 0.6) is 5.75 Å². The second-order valence-electron chi connectivity index (χ2n) is 3.46. The Morgan fingerprint density at radius 2 is 2.25 bits per heavy atom. The van der Waals surface area contributed by atoms with Crippen LogP contribution in [0.25, 0.3) is 0 Å². The Labute approximate surface area is 107 Å². The van der Waals surface area contributed by atoms with Gasteiger partial charge in [-0.05, 0) is 30.5 Å². The molecule has 0 fully saturated rings. The van der Waals surface area contributed by atoms with Crippen LogP contribution in [0.1, 0.15) is 18.5 Å². The zero-order chi connectivity index (χ0) is 12.0. The molecule has 0 bridgehead atoms. The van der Waals surface area contributed by atoms with Gasteiger partial charge in [-0.15, -0.1) is 0 Å². The van der Waals surface area contributed by atoms with Gasteiger partial charge in [0.05, 0.1) is 12.1 Å². The van der Waals surface area contributed by atoms with E-state index in [0.717, 1.165) is 18.0 Å². The van der Waals surface area contributed by atoms with Crippen molar-refractivity contribution in [2.45, 2.75) is 13.0 Å². The van der Waals surface area contributed by atoms with E-state index in [0.29, 0.717) is 11.1 Å². The van der Waals surface area contributed by atoms with Crippen LogP contribution >= 0.6 is 23.4 Å². The van der Waals surface area contributed by atoms with Crippen LogP contribution < -0.4 is 10.1 Å². The van der Waals surface area contributed by atoms with Gasteiger partial charge in [-0.3, -0.25) is 0 Å². The molecule has 0 amide bonds. The van der Waals surface area contributed by atoms with Gasteiger partial charge in [0.15, 0.2) is 0 Å². The highest BCUT2D eigenvalue weighted by Crippen LogP contribution is 2.28. The monoisotopic (exact) mass is 259 g/mol. The molecule has 0 radical (unpaired) electrons. The highest BCUT2D eigenvalue weighted by atomic mass is 35.5. The summed E-state index contributed by atoms with van der Waals surface area (Å²) >= 11 is 7.83. The molecule has 1 N–H and O–H groups in total. The number of hydrogen-bond acceptors (Lipinski definition) is 3. The molecular weight excluding hydrogens is 242 g/mol. The number of methoxy groups -OCH3 is 1. The average Bonchev–Trinajstić information content (AvgIpc) is 2.29. The maximum atomic E-state index is 6.00. The molecule has 1 aromatic carbocycles. The molecule has 0 aliphatic carbocycles. The molecule has 0 aliphatic heterocycles. The predicted molar refractivity (Wildman–Crippen MR) is 72.8 cm³/mol. The van der Waals surface area contributed by atoms with Crippen LogP contribution in [0.3, 0.4) is 0 Å². The van der Waals surface area contributed by atoms with E-state index in [2.05, 4.69) is 24.6 Å². The van der Waals surface area contributed by atoms with Crippen LogP contribution in [0.2, 0.25) is 5.02 Å². The van der Waals surface area contributed by atoms with E-state index < -0.39 is 0 Å². The Morgan fingerprint density at radius 3 is 2.81 bits per heavy atom. The summed E-state index contributed by atoms with van der Waals surface area (Å²) in [5.41, 5.74) is 1.22. The summed E-state index contributed by atoms with van der Waals surface area (Å²) in [5.74, 6) is 1.78. The summed E-state index contributed by atoms with van der Waals surface area (Å²) in [7, 11) is 1.64. The van der Waals surface area contributed by atoms with Crippen molar-refractivity contribution in [1.29, 1.82) is 0 Å². The predicted octanol–water partition coefficient (Wildman–Crippen LogP) is 3.36. The molecule has 90 valence electrons. The average molecular weight is 260 g/mol. The lowest BCUT2D eigenvalue weighted by Gasteiger charge is -2.18. The van der Waals surface area contributed by atoms with E-state index >= 15 is 0 Å². The first kappa shape index (κ1) is 13.7. The molecule has 1 rings (SSSR count). The highest BCUT2D eigenvalue weighted by molar-refractivity contribution is 7.98. The minimum atomic E-state index is 0.353. The maximum Gasteiger partial charge on any atom is 0.137 e. The maximum absolute atomic E-state index is 6.00. The van der Waals surface area contributed by atoms with Gasteiger partial charge in [-0.2, -0.15) is 11.8 Å². The summed E-state index contributed by atoms with van der Waals surface area (Å²) in [6.07, 6.45) is 2.11. The highest BCUT2D eigenvalue weighted by Gasteiger charge is 2.11. The lowest BCUT2D eigenvalue weighted by Crippen LogP contribution is -2.22. The number of nitrogens with one attached hydrogen (secondary N) is 1. The molecule has 0 heterocycles. The fraction of sp³-hybridized carbons (Fsp3) is 0.500. The van der Waals surface area contributed by atoms with Crippen molar-refractivity contribution in [3.8, 4) is 5.75 Å². The second kappa shape index (κ2) is 7.05. The van der Waals surface area contributed by atoms with E-state index in [9.17, 15) is 0 Å². The van der Waals surface area contributed by atoms with Crippen molar-refractivity contribution in [2.24, 2.45) is 0 Å². The summed E-state index contributed by atoms with van der Waals surface area (Å²) in [5, 5.41) is 4.11. The van der Waals surface area contributed by atoms with E-state index in [-0.39, 0.29) is 0 Å². The first-order chi connectivity index (χ1) is 7.72. The standard InChI is InChI=1S/C12H18ClNOS/c1-4-14-11(8-16-3)9-5-6-10(13)12(7-9)15-2/h5-7,11,14H,4,8H2,1-3H3. The number of rotatable bonds is 6. The first-order valence-corrected chi connectivity index (χ1v) is 7.05. The van der Waals surface area contributed by atoms with E-state index in [1.165, 1.54) is 5.56 Å². The van der Waals surface area contributed by atoms with Gasteiger partial charge in [-0.25, -0.2) is 0 Å². The fourth-order valence-corrected chi connectivity index (χ4v) is 2.42. The molecule has 0 saturated heterocycles. The van der Waals surface area contributed by atoms with Gasteiger partial charge in [0.2, 0.25) is 0 Å². The normalized spacial score (nSPS) is 12.5. The van der Waals surface area contributed by atoms with Crippen LogP contribution in [0.4, 0.5) is 0 Å². The van der Waals surface area contributed by atoms with Gasteiger partial charge in [0.25, 0.3) is 0 Å². The number of thioether (sulfide) groups is 1. The number of ether oxygens (including phenoxy) is 1. The fourth-order valence-electron chi connectivity index (χ4n) is 1.58. The summed E-state index contributed by atoms with van der Waals surface area (Å²) in [4.78, 5) is 0. The van der Waals surface area contributed by atoms with Crippen LogP contribution in [-0.4, -0.2) is 25.7 Å². The molecule has 1 unspecified atom stereocenters. The van der Waals surface area contributed by atoms with Crippen LogP contribution in [-0.2, 0) is 0 Å². The third-order valence-electron chi connectivity index (χ3n) is 2.36. The molecule has 2 nitrogen and oxygen atoms in total. The summed E-state index contributed by atoms with van der Waals surface area (Å²) < 4.78 is 5.23. The second-order valence-corrected chi connectivity index (χ2v) is 4.78. The lowest BCUT2D eigenvalue weighted by atomic mass is 10.1. The molecular formula is C12H18ClNOS. The van der Waals surface area contributed by atoms with Crippen molar-refractivity contribution >= 4 is 23.4 Å². The molecule has 1 aromatic rings. The molecule has 0 aromatic heterocycles. The number of benzene rings is 1. The lowest BCUT2D eigenvalue weighted by molar-refractivity contribution is 0.413. The molecule has 0 aliphatic rings. The summed E-state index contributed by atoms with van der Waals surface area (Å²) in [6.45, 7) is 3.07. The zero-order valence-corrected chi connectivity index (χ0v) is 11.5. The van der Waals surface area contributed by atoms with Crippen molar-refractivity contribution in [3.63, 3.8) is 0 Å². The van der Waals surface area contributed by atoms with E-state index in [1.807, 2.05) is 23.9 Å². The Bertz CT molecular complexity index is 327. The molecule has 0 spiro atoms. The third-order valence-corrected chi connectivity index (χ3v) is 3.34. The van der Waals surface area contributed by atoms with Gasteiger partial charge < -0.3 is 10.1 Å².